The van der Waals surface area contributed by atoms with Gasteiger partial charge >= 0.3 is 17.1 Å². The molecule has 0 fully saturated rings. The van der Waals surface area contributed by atoms with Crippen LogP contribution in [-0.4, -0.2) is 48.9 Å². The second kappa shape index (κ2) is 10.9. The van der Waals surface area contributed by atoms with Gasteiger partial charge in [-0.25, -0.2) is 16.8 Å². The third-order valence-corrected chi connectivity index (χ3v) is 0.750. The quantitative estimate of drug-likeness (QED) is 0.162. The van der Waals surface area contributed by atoms with Gasteiger partial charge in [-0.3, -0.25) is 8.42 Å². The molecule has 0 amide bonds. The van der Waals surface area contributed by atoms with Gasteiger partial charge in [0, 0.05) is 10.4 Å². The first-order valence-corrected chi connectivity index (χ1v) is 6.17. The molecule has 0 aromatic carbocycles. The van der Waals surface area contributed by atoms with Crippen molar-refractivity contribution in [1.29, 1.82) is 0 Å². The summed E-state index contributed by atoms with van der Waals surface area (Å²) in [5.41, 5.74) is 0. The van der Waals surface area contributed by atoms with Crippen LogP contribution in [0.4, 0.5) is 0 Å². The van der Waals surface area contributed by atoms with Gasteiger partial charge in [-0.1, -0.05) is 0 Å². The summed E-state index contributed by atoms with van der Waals surface area (Å²) in [7, 11) is -15.8. The summed E-state index contributed by atoms with van der Waals surface area (Å²) in [4.78, 5) is 0. The standard InChI is InChI=1S/Mn.H3N.H2O8S2.H2O4S.H2O/c;;1-9(2,3)7-8-10(4,5)6;1-5(2,3)4;/h;1H3;(H,1,2,3)(H,4,5,6);(H2,1,2,3,4);1H2/q+3;;;;/p-3. The Hall–Kier alpha value is 0.0495. The Morgan fingerprint density at radius 2 is 0.778 bits per heavy atom. The largest absolute Gasteiger partial charge is 3.00 e. The molecule has 0 saturated heterocycles. The van der Waals surface area contributed by atoms with Crippen molar-refractivity contribution in [2.24, 2.45) is 0 Å². The Bertz CT molecular complexity index is 426. The van der Waals surface area contributed by atoms with Crippen LogP contribution in [0.5, 0.6) is 0 Å². The van der Waals surface area contributed by atoms with Crippen molar-refractivity contribution in [2.75, 3.05) is 0 Å². The zero-order valence-electron chi connectivity index (χ0n) is 8.00. The summed E-state index contributed by atoms with van der Waals surface area (Å²) in [5, 5.41) is 0. The van der Waals surface area contributed by atoms with E-state index in [0.717, 1.165) is 0 Å². The van der Waals surface area contributed by atoms with Gasteiger partial charge in [-0.15, -0.1) is 8.67 Å². The second-order valence-corrected chi connectivity index (χ2v) is 4.08. The number of quaternary nitrogens is 1. The van der Waals surface area contributed by atoms with Crippen LogP contribution in [0, 0.1) is 0 Å². The summed E-state index contributed by atoms with van der Waals surface area (Å²) in [6.45, 7) is 0. The van der Waals surface area contributed by atoms with Crippen molar-refractivity contribution in [3.63, 3.8) is 0 Å². The van der Waals surface area contributed by atoms with Crippen LogP contribution in [0.3, 0.4) is 0 Å². The molecule has 0 heterocycles. The molecular formula is H6MnNO13S3. The predicted molar refractivity (Wildman–Crippen MR) is 41.6 cm³/mol. The van der Waals surface area contributed by atoms with E-state index in [2.05, 4.69) is 8.67 Å². The Morgan fingerprint density at radius 1 is 0.667 bits per heavy atom. The fourth-order valence-corrected chi connectivity index (χ4v) is 0.612. The van der Waals surface area contributed by atoms with Gasteiger partial charge in [0.1, 0.15) is 0 Å². The average Bonchev–Trinajstić information content (AvgIpc) is 1.76. The predicted octanol–water partition coefficient (Wildman–Crippen LogP) is -3.93. The molecule has 0 unspecified atom stereocenters. The van der Waals surface area contributed by atoms with Crippen molar-refractivity contribution in [3.05, 3.63) is 0 Å². The molecule has 18 heavy (non-hydrogen) atoms. The van der Waals surface area contributed by atoms with E-state index < -0.39 is 31.2 Å². The maximum Gasteiger partial charge on any atom is 3.00 e. The molecule has 0 rings (SSSR count). The van der Waals surface area contributed by atoms with Crippen LogP contribution < -0.4 is 6.15 Å². The first-order chi connectivity index (χ1) is 6.21. The normalized spacial score (nSPS) is 10.7. The Labute approximate surface area is 112 Å². The van der Waals surface area contributed by atoms with Gasteiger partial charge < -0.3 is 29.8 Å². The average molecular weight is 379 g/mol. The van der Waals surface area contributed by atoms with Gasteiger partial charge in [0.2, 0.25) is 20.8 Å². The van der Waals surface area contributed by atoms with Crippen molar-refractivity contribution >= 4 is 31.2 Å². The van der Waals surface area contributed by atoms with E-state index in [1.54, 1.807) is 0 Å². The minimum atomic E-state index is -5.31. The molecule has 0 aliphatic carbocycles. The van der Waals surface area contributed by atoms with Gasteiger partial charge in [0.15, 0.2) is 0 Å². The Balaban J connectivity index is -0.0000000621. The SMILES string of the molecule is O.O=S(=O)([O-])OOS(=O)(=O)[O-].O=S(=O)([O-])[O-].[Mn+3].[NH4+]. The maximum atomic E-state index is 9.37. The molecule has 0 spiro atoms. The zero-order valence-corrected chi connectivity index (χ0v) is 11.6. The van der Waals surface area contributed by atoms with E-state index in [4.69, 9.17) is 17.5 Å². The molecule has 0 aromatic heterocycles. The van der Waals surface area contributed by atoms with Gasteiger partial charge in [-0.2, -0.15) is 0 Å². The number of hydrogen-bond acceptors (Lipinski definition) is 12. The summed E-state index contributed by atoms with van der Waals surface area (Å²) in [5.74, 6) is 0. The van der Waals surface area contributed by atoms with Crippen LogP contribution in [0.2, 0.25) is 0 Å². The summed E-state index contributed by atoms with van der Waals surface area (Å²) >= 11 is 0. The third-order valence-electron chi connectivity index (χ3n) is 0.194. The molecule has 0 aromatic rings. The zero-order chi connectivity index (χ0) is 12.9. The van der Waals surface area contributed by atoms with Crippen LogP contribution in [-0.2, 0) is 56.9 Å². The minimum Gasteiger partial charge on any atom is -0.759 e. The molecule has 0 atom stereocenters. The van der Waals surface area contributed by atoms with Crippen molar-refractivity contribution in [3.8, 4) is 0 Å². The molecule has 0 bridgehead atoms. The summed E-state index contributed by atoms with van der Waals surface area (Å²) in [6, 6.07) is 0. The molecule has 0 radical (unpaired) electrons. The van der Waals surface area contributed by atoms with Crippen LogP contribution in [0.15, 0.2) is 0 Å². The van der Waals surface area contributed by atoms with Crippen molar-refractivity contribution < 1.29 is 74.7 Å². The second-order valence-electron chi connectivity index (χ2n) is 1.36. The summed E-state index contributed by atoms with van der Waals surface area (Å²) < 4.78 is 95.5. The van der Waals surface area contributed by atoms with E-state index in [1.165, 1.54) is 0 Å². The first kappa shape index (κ1) is 30.8. The first-order valence-electron chi connectivity index (χ1n) is 2.17. The van der Waals surface area contributed by atoms with Crippen molar-refractivity contribution in [1.82, 2.24) is 6.15 Å². The molecule has 0 saturated carbocycles. The van der Waals surface area contributed by atoms with Gasteiger partial charge in [-0.05, 0) is 0 Å². The number of hydrogen-bond donors (Lipinski definition) is 1. The van der Waals surface area contributed by atoms with E-state index in [1.807, 2.05) is 0 Å². The summed E-state index contributed by atoms with van der Waals surface area (Å²) in [6.07, 6.45) is 0. The van der Waals surface area contributed by atoms with Crippen LogP contribution >= 0.6 is 0 Å². The van der Waals surface area contributed by atoms with Gasteiger partial charge in [0.25, 0.3) is 0 Å². The van der Waals surface area contributed by atoms with Crippen molar-refractivity contribution in [2.45, 2.75) is 0 Å². The van der Waals surface area contributed by atoms with E-state index in [9.17, 15) is 25.9 Å². The molecule has 18 heteroatoms. The molecule has 0 aliphatic rings. The van der Waals surface area contributed by atoms with Crippen LogP contribution in [0.1, 0.15) is 0 Å². The fourth-order valence-electron chi connectivity index (χ4n) is 0.0680. The van der Waals surface area contributed by atoms with Crippen LogP contribution in [0.25, 0.3) is 0 Å². The Kier molecular flexibility index (Phi) is 18.7. The Morgan fingerprint density at radius 3 is 0.833 bits per heavy atom. The molecule has 6 N–H and O–H groups in total. The number of rotatable bonds is 3. The fraction of sp³-hybridized carbons (Fsp3) is 0. The monoisotopic (exact) mass is 379 g/mol. The topological polar surface area (TPSA) is 281 Å². The third kappa shape index (κ3) is 73.1. The molecule has 14 nitrogen and oxygen atoms in total. The van der Waals surface area contributed by atoms with E-state index in [-0.39, 0.29) is 28.7 Å². The van der Waals surface area contributed by atoms with E-state index in [0.29, 0.717) is 0 Å². The molecular weight excluding hydrogens is 373 g/mol. The smallest absolute Gasteiger partial charge is 0.759 e. The molecule has 0 aliphatic heterocycles. The minimum absolute atomic E-state index is 0. The van der Waals surface area contributed by atoms with Gasteiger partial charge in [0.05, 0.1) is 0 Å². The van der Waals surface area contributed by atoms with E-state index >= 15 is 0 Å². The maximum absolute atomic E-state index is 9.37. The molecule has 114 valence electrons.